The minimum atomic E-state index is -0.381. The van der Waals surface area contributed by atoms with Gasteiger partial charge in [0.15, 0.2) is 0 Å². The molecule has 2 heterocycles. The first-order valence-corrected chi connectivity index (χ1v) is 10.7. The number of piperidine rings is 1. The molecule has 2 aliphatic heterocycles. The lowest BCUT2D eigenvalue weighted by Crippen LogP contribution is -2.50. The van der Waals surface area contributed by atoms with Crippen molar-refractivity contribution < 1.29 is 19.1 Å². The van der Waals surface area contributed by atoms with E-state index in [4.69, 9.17) is 32.7 Å². The van der Waals surface area contributed by atoms with Crippen molar-refractivity contribution in [1.82, 2.24) is 4.90 Å². The lowest BCUT2D eigenvalue weighted by molar-refractivity contribution is -0.150. The van der Waals surface area contributed by atoms with Crippen LogP contribution in [0.4, 0.5) is 0 Å². The molecule has 30 heavy (non-hydrogen) atoms. The van der Waals surface area contributed by atoms with E-state index in [2.05, 4.69) is 4.90 Å². The molecule has 158 valence electrons. The molecule has 0 radical (unpaired) electrons. The average molecular weight is 448 g/mol. The molecule has 0 saturated carbocycles. The summed E-state index contributed by atoms with van der Waals surface area (Å²) < 4.78 is 11.0. The number of esters is 2. The first-order chi connectivity index (χ1) is 14.4. The van der Waals surface area contributed by atoms with Gasteiger partial charge in [-0.05, 0) is 43.3 Å². The zero-order valence-corrected chi connectivity index (χ0v) is 18.3. The van der Waals surface area contributed by atoms with Crippen molar-refractivity contribution in [3.05, 3.63) is 69.7 Å². The van der Waals surface area contributed by atoms with Gasteiger partial charge in [-0.2, -0.15) is 0 Å². The van der Waals surface area contributed by atoms with E-state index in [9.17, 15) is 9.59 Å². The highest BCUT2D eigenvalue weighted by Crippen LogP contribution is 2.48. The average Bonchev–Trinajstić information content (AvgIpc) is 2.94. The van der Waals surface area contributed by atoms with Crippen molar-refractivity contribution in [3.8, 4) is 0 Å². The molecular formula is C23H23Cl2NO4. The fraction of sp³-hybridized carbons (Fsp3) is 0.391. The number of hydrogen-bond acceptors (Lipinski definition) is 5. The number of nitrogens with zero attached hydrogens (tertiary/aromatic N) is 1. The van der Waals surface area contributed by atoms with Crippen LogP contribution in [0.1, 0.15) is 34.7 Å². The lowest BCUT2D eigenvalue weighted by Gasteiger charge is -2.41. The van der Waals surface area contributed by atoms with E-state index < -0.39 is 0 Å². The molecule has 0 spiro atoms. The number of benzene rings is 2. The molecule has 0 amide bonds. The van der Waals surface area contributed by atoms with Gasteiger partial charge in [-0.1, -0.05) is 47.5 Å². The van der Waals surface area contributed by atoms with Gasteiger partial charge in [0.05, 0.1) is 28.6 Å². The summed E-state index contributed by atoms with van der Waals surface area (Å²) in [5.74, 6) is -1.09. The van der Waals surface area contributed by atoms with Crippen molar-refractivity contribution in [1.29, 1.82) is 0 Å². The van der Waals surface area contributed by atoms with Crippen molar-refractivity contribution in [2.75, 3.05) is 14.2 Å². The summed E-state index contributed by atoms with van der Waals surface area (Å²) in [4.78, 5) is 27.6. The van der Waals surface area contributed by atoms with Crippen LogP contribution in [0.2, 0.25) is 10.0 Å². The second kappa shape index (κ2) is 8.58. The molecule has 2 aromatic carbocycles. The van der Waals surface area contributed by atoms with E-state index in [0.717, 1.165) is 5.56 Å². The van der Waals surface area contributed by atoms with Gasteiger partial charge in [0.25, 0.3) is 0 Å². The molecule has 0 N–H and O–H groups in total. The normalized spacial score (nSPS) is 28.2. The number of ether oxygens (including phenoxy) is 2. The van der Waals surface area contributed by atoms with E-state index in [1.807, 2.05) is 37.4 Å². The van der Waals surface area contributed by atoms with Gasteiger partial charge >= 0.3 is 11.9 Å². The zero-order chi connectivity index (χ0) is 21.4. The van der Waals surface area contributed by atoms with Crippen LogP contribution < -0.4 is 0 Å². The van der Waals surface area contributed by atoms with Crippen LogP contribution in [0, 0.1) is 5.92 Å². The minimum Gasteiger partial charge on any atom is -0.469 e. The molecule has 2 fully saturated rings. The Morgan fingerprint density at radius 3 is 2.40 bits per heavy atom. The SMILES string of the molecule is COC(=O)[C@@H]1C2C[C@@H](OC(=O)c3ccccc3)C(C[C@H]1c1ccc(Cl)c(Cl)c1)N2C. The van der Waals surface area contributed by atoms with Crippen molar-refractivity contribution in [3.63, 3.8) is 0 Å². The summed E-state index contributed by atoms with van der Waals surface area (Å²) in [6.45, 7) is 0. The Kier molecular flexibility index (Phi) is 6.05. The number of halogens is 2. The first kappa shape index (κ1) is 21.2. The van der Waals surface area contributed by atoms with Crippen LogP contribution in [0.25, 0.3) is 0 Å². The maximum Gasteiger partial charge on any atom is 0.338 e. The minimum absolute atomic E-state index is 0.00280. The van der Waals surface area contributed by atoms with Gasteiger partial charge in [0.1, 0.15) is 6.10 Å². The summed E-state index contributed by atoms with van der Waals surface area (Å²) in [5, 5.41) is 0.928. The highest BCUT2D eigenvalue weighted by atomic mass is 35.5. The summed E-state index contributed by atoms with van der Waals surface area (Å²) in [5.41, 5.74) is 1.46. The number of likely N-dealkylation sites (N-methyl/N-ethyl adjacent to an activating group) is 1. The summed E-state index contributed by atoms with van der Waals surface area (Å²) >= 11 is 12.3. The second-order valence-corrected chi connectivity index (χ2v) is 8.72. The second-order valence-electron chi connectivity index (χ2n) is 7.91. The summed E-state index contributed by atoms with van der Waals surface area (Å²) in [7, 11) is 3.38. The third kappa shape index (κ3) is 3.82. The van der Waals surface area contributed by atoms with Crippen molar-refractivity contribution in [2.24, 2.45) is 5.92 Å². The molecule has 0 aliphatic carbocycles. The smallest absolute Gasteiger partial charge is 0.338 e. The maximum atomic E-state index is 12.8. The zero-order valence-electron chi connectivity index (χ0n) is 16.8. The number of carbonyl (C=O) groups is 2. The van der Waals surface area contributed by atoms with E-state index in [1.165, 1.54) is 7.11 Å². The highest BCUT2D eigenvalue weighted by Gasteiger charge is 2.54. The van der Waals surface area contributed by atoms with Crippen LogP contribution in [0.5, 0.6) is 0 Å². The highest BCUT2D eigenvalue weighted by molar-refractivity contribution is 6.42. The molecule has 7 heteroatoms. The molecule has 2 saturated heterocycles. The van der Waals surface area contributed by atoms with Gasteiger partial charge < -0.3 is 9.47 Å². The molecule has 2 bridgehead atoms. The number of rotatable bonds is 4. The Balaban J connectivity index is 1.62. The van der Waals surface area contributed by atoms with Gasteiger partial charge in [-0.15, -0.1) is 0 Å². The van der Waals surface area contributed by atoms with Crippen LogP contribution in [0.3, 0.4) is 0 Å². The Hall–Kier alpha value is -2.08. The Labute approximate surface area is 185 Å². The van der Waals surface area contributed by atoms with E-state index in [1.54, 1.807) is 18.2 Å². The van der Waals surface area contributed by atoms with Crippen LogP contribution >= 0.6 is 23.2 Å². The predicted molar refractivity (Wildman–Crippen MR) is 115 cm³/mol. The largest absolute Gasteiger partial charge is 0.469 e. The number of carbonyl (C=O) groups excluding carboxylic acids is 2. The molecule has 0 aromatic heterocycles. The molecule has 5 nitrogen and oxygen atoms in total. The molecule has 4 rings (SSSR count). The molecule has 5 atom stereocenters. The first-order valence-electron chi connectivity index (χ1n) is 9.91. The van der Waals surface area contributed by atoms with Crippen LogP contribution in [-0.2, 0) is 14.3 Å². The standard InChI is InChI=1S/C23H23Cl2NO4/c1-26-18-11-15(14-8-9-16(24)17(25)10-14)21(23(28)29-2)19(26)12-20(18)30-22(27)13-6-4-3-5-7-13/h3-10,15,18-21H,11-12H2,1-2H3/t15-,18?,19?,20+,21-/m0/s1. The fourth-order valence-electron chi connectivity index (χ4n) is 4.91. The lowest BCUT2D eigenvalue weighted by atomic mass is 9.76. The topological polar surface area (TPSA) is 55.8 Å². The van der Waals surface area contributed by atoms with Crippen molar-refractivity contribution >= 4 is 35.1 Å². The molecular weight excluding hydrogens is 425 g/mol. The summed E-state index contributed by atoms with van der Waals surface area (Å²) in [6, 6.07) is 14.3. The van der Waals surface area contributed by atoms with Gasteiger partial charge in [-0.3, -0.25) is 9.69 Å². The molecule has 2 unspecified atom stereocenters. The van der Waals surface area contributed by atoms with Gasteiger partial charge in [0, 0.05) is 24.4 Å². The predicted octanol–water partition coefficient (Wildman–Crippen LogP) is 4.57. The van der Waals surface area contributed by atoms with Crippen molar-refractivity contribution in [2.45, 2.75) is 36.9 Å². The summed E-state index contributed by atoms with van der Waals surface area (Å²) in [6.07, 6.45) is 0.932. The molecule has 2 aliphatic rings. The number of hydrogen-bond donors (Lipinski definition) is 0. The third-order valence-corrected chi connectivity index (χ3v) is 7.14. The third-order valence-electron chi connectivity index (χ3n) is 6.41. The Bertz CT molecular complexity index is 951. The quantitative estimate of drug-likeness (QED) is 0.642. The van der Waals surface area contributed by atoms with Crippen LogP contribution in [0.15, 0.2) is 48.5 Å². The Morgan fingerprint density at radius 1 is 1.00 bits per heavy atom. The number of fused-ring (bicyclic) bond motifs is 2. The van der Waals surface area contributed by atoms with Gasteiger partial charge in [0.2, 0.25) is 0 Å². The monoisotopic (exact) mass is 447 g/mol. The Morgan fingerprint density at radius 2 is 1.73 bits per heavy atom. The van der Waals surface area contributed by atoms with Crippen LogP contribution in [-0.4, -0.2) is 49.2 Å². The number of methoxy groups -OCH3 is 1. The fourth-order valence-corrected chi connectivity index (χ4v) is 5.22. The molecule has 2 aromatic rings. The maximum absolute atomic E-state index is 12.8. The van der Waals surface area contributed by atoms with E-state index in [0.29, 0.717) is 28.5 Å². The van der Waals surface area contributed by atoms with E-state index >= 15 is 0 Å². The van der Waals surface area contributed by atoms with E-state index in [-0.39, 0.29) is 42.0 Å². The van der Waals surface area contributed by atoms with Gasteiger partial charge in [-0.25, -0.2) is 4.79 Å².